The molecule has 124 valence electrons. The molecular weight excluding hydrogens is 320 g/mol. The Balaban J connectivity index is 1.40. The van der Waals surface area contributed by atoms with E-state index >= 15 is 0 Å². The number of nitrogens with one attached hydrogen (secondary N) is 2. The Morgan fingerprint density at radius 2 is 1.96 bits per heavy atom. The number of hydrogen-bond acceptors (Lipinski definition) is 5. The summed E-state index contributed by atoms with van der Waals surface area (Å²) in [5.74, 6) is 0.971. The first-order valence-electron chi connectivity index (χ1n) is 7.68. The highest BCUT2D eigenvalue weighted by Gasteiger charge is 2.13. The Labute approximate surface area is 142 Å². The van der Waals surface area contributed by atoms with Crippen molar-refractivity contribution in [3.05, 3.63) is 72.2 Å². The highest BCUT2D eigenvalue weighted by Crippen LogP contribution is 2.20. The van der Waals surface area contributed by atoms with E-state index in [9.17, 15) is 4.79 Å². The van der Waals surface area contributed by atoms with E-state index in [4.69, 9.17) is 8.94 Å². The summed E-state index contributed by atoms with van der Waals surface area (Å²) in [6.07, 6.45) is 1.56. The number of benzene rings is 1. The van der Waals surface area contributed by atoms with Gasteiger partial charge in [-0.3, -0.25) is 9.89 Å². The van der Waals surface area contributed by atoms with E-state index in [2.05, 4.69) is 20.7 Å². The van der Waals surface area contributed by atoms with E-state index in [0.717, 1.165) is 5.56 Å². The smallest absolute Gasteiger partial charge is 0.272 e. The number of hydrogen-bond donors (Lipinski definition) is 2. The molecule has 3 heterocycles. The van der Waals surface area contributed by atoms with Crippen molar-refractivity contribution in [1.29, 1.82) is 0 Å². The van der Waals surface area contributed by atoms with Crippen LogP contribution in [0.1, 0.15) is 16.2 Å². The fourth-order valence-electron chi connectivity index (χ4n) is 2.39. The van der Waals surface area contributed by atoms with Crippen molar-refractivity contribution in [3.8, 4) is 22.8 Å². The minimum absolute atomic E-state index is 0.248. The van der Waals surface area contributed by atoms with Gasteiger partial charge < -0.3 is 14.3 Å². The van der Waals surface area contributed by atoms with Gasteiger partial charge in [0.1, 0.15) is 11.4 Å². The van der Waals surface area contributed by atoms with Crippen LogP contribution in [0.3, 0.4) is 0 Å². The van der Waals surface area contributed by atoms with E-state index in [1.54, 1.807) is 30.5 Å². The van der Waals surface area contributed by atoms with Crippen LogP contribution in [-0.2, 0) is 6.54 Å². The largest absolute Gasteiger partial charge is 0.463 e. The molecule has 0 radical (unpaired) electrons. The van der Waals surface area contributed by atoms with Crippen molar-refractivity contribution in [2.45, 2.75) is 6.54 Å². The number of aromatic amines is 1. The van der Waals surface area contributed by atoms with E-state index < -0.39 is 0 Å². The third-order valence-corrected chi connectivity index (χ3v) is 3.64. The molecule has 3 aromatic heterocycles. The Hall–Kier alpha value is -3.61. The van der Waals surface area contributed by atoms with Crippen molar-refractivity contribution >= 4 is 5.91 Å². The maximum absolute atomic E-state index is 12.2. The molecule has 1 amide bonds. The van der Waals surface area contributed by atoms with Crippen molar-refractivity contribution in [3.63, 3.8) is 0 Å². The summed E-state index contributed by atoms with van der Waals surface area (Å²) < 4.78 is 10.6. The molecule has 0 atom stereocenters. The summed E-state index contributed by atoms with van der Waals surface area (Å²) in [6, 6.07) is 16.6. The maximum atomic E-state index is 12.2. The topological polar surface area (TPSA) is 97.0 Å². The molecule has 4 aromatic rings. The molecule has 0 aliphatic rings. The van der Waals surface area contributed by atoms with Crippen LogP contribution in [-0.4, -0.2) is 21.3 Å². The molecule has 4 rings (SSSR count). The molecule has 0 fully saturated rings. The van der Waals surface area contributed by atoms with Gasteiger partial charge in [-0.25, -0.2) is 0 Å². The Morgan fingerprint density at radius 1 is 1.08 bits per heavy atom. The molecule has 0 unspecified atom stereocenters. The number of carbonyl (C=O) groups excluding carboxylic acids is 1. The third kappa shape index (κ3) is 3.20. The number of rotatable bonds is 5. The minimum atomic E-state index is -0.307. The van der Waals surface area contributed by atoms with E-state index in [0.29, 0.717) is 22.9 Å². The standard InChI is InChI=1S/C18H14N4O3/c23-18(15-10-14(20-21-15)16-7-4-8-24-16)19-11-13-9-17(25-22-13)12-5-2-1-3-6-12/h1-10H,11H2,(H,19,23)(H,20,21). The van der Waals surface area contributed by atoms with Gasteiger partial charge in [0.2, 0.25) is 0 Å². The molecule has 0 saturated heterocycles. The summed E-state index contributed by atoms with van der Waals surface area (Å²) in [4.78, 5) is 12.2. The minimum Gasteiger partial charge on any atom is -0.463 e. The first kappa shape index (κ1) is 14.9. The lowest BCUT2D eigenvalue weighted by atomic mass is 10.2. The van der Waals surface area contributed by atoms with E-state index in [-0.39, 0.29) is 18.1 Å². The van der Waals surface area contributed by atoms with Gasteiger partial charge in [0, 0.05) is 17.7 Å². The lowest BCUT2D eigenvalue weighted by molar-refractivity contribution is 0.0945. The zero-order valence-electron chi connectivity index (χ0n) is 13.1. The normalized spacial score (nSPS) is 10.7. The lowest BCUT2D eigenvalue weighted by Crippen LogP contribution is -2.23. The van der Waals surface area contributed by atoms with Gasteiger partial charge in [-0.05, 0) is 12.1 Å². The van der Waals surface area contributed by atoms with Gasteiger partial charge in [0.25, 0.3) is 5.91 Å². The summed E-state index contributed by atoms with van der Waals surface area (Å²) in [7, 11) is 0. The van der Waals surface area contributed by atoms with Crippen LogP contribution in [0.5, 0.6) is 0 Å². The van der Waals surface area contributed by atoms with E-state index in [1.165, 1.54) is 0 Å². The third-order valence-electron chi connectivity index (χ3n) is 3.64. The van der Waals surface area contributed by atoms with Gasteiger partial charge in [0.05, 0.1) is 12.8 Å². The van der Waals surface area contributed by atoms with Gasteiger partial charge in [-0.1, -0.05) is 35.5 Å². The highest BCUT2D eigenvalue weighted by atomic mass is 16.5. The lowest BCUT2D eigenvalue weighted by Gasteiger charge is -1.98. The van der Waals surface area contributed by atoms with Crippen molar-refractivity contribution in [2.24, 2.45) is 0 Å². The first-order valence-corrected chi connectivity index (χ1v) is 7.68. The highest BCUT2D eigenvalue weighted by molar-refractivity contribution is 5.93. The monoisotopic (exact) mass is 334 g/mol. The van der Waals surface area contributed by atoms with Crippen LogP contribution in [0.4, 0.5) is 0 Å². The fraction of sp³-hybridized carbons (Fsp3) is 0.0556. The number of furan rings is 1. The number of nitrogens with zero attached hydrogens (tertiary/aromatic N) is 2. The second kappa shape index (κ2) is 6.48. The molecule has 1 aromatic carbocycles. The second-order valence-electron chi connectivity index (χ2n) is 5.38. The van der Waals surface area contributed by atoms with Gasteiger partial charge in [-0.2, -0.15) is 5.10 Å². The molecule has 0 aliphatic carbocycles. The maximum Gasteiger partial charge on any atom is 0.272 e. The first-order chi connectivity index (χ1) is 12.3. The Bertz CT molecular complexity index is 971. The average Bonchev–Trinajstić information content (AvgIpc) is 3.41. The van der Waals surface area contributed by atoms with Gasteiger partial charge >= 0.3 is 0 Å². The second-order valence-corrected chi connectivity index (χ2v) is 5.38. The zero-order chi connectivity index (χ0) is 17.1. The number of H-pyrrole nitrogens is 1. The molecule has 0 saturated carbocycles. The molecule has 0 aliphatic heterocycles. The zero-order valence-corrected chi connectivity index (χ0v) is 13.1. The average molecular weight is 334 g/mol. The molecule has 7 heteroatoms. The summed E-state index contributed by atoms with van der Waals surface area (Å²) in [5, 5.41) is 13.5. The van der Waals surface area contributed by atoms with Gasteiger partial charge in [-0.15, -0.1) is 0 Å². The fourth-order valence-corrected chi connectivity index (χ4v) is 2.39. The quantitative estimate of drug-likeness (QED) is 0.584. The number of aromatic nitrogens is 3. The van der Waals surface area contributed by atoms with E-state index in [1.807, 2.05) is 30.3 Å². The molecule has 25 heavy (non-hydrogen) atoms. The van der Waals surface area contributed by atoms with Gasteiger partial charge in [0.15, 0.2) is 17.2 Å². The van der Waals surface area contributed by atoms with Crippen molar-refractivity contribution < 1.29 is 13.7 Å². The molecular formula is C18H14N4O3. The SMILES string of the molecule is O=C(NCc1cc(-c2ccccc2)on1)c1cc(-c2ccco2)[nH]n1. The molecule has 0 bridgehead atoms. The summed E-state index contributed by atoms with van der Waals surface area (Å²) >= 11 is 0. The molecule has 7 nitrogen and oxygen atoms in total. The predicted octanol–water partition coefficient (Wildman–Crippen LogP) is 3.25. The van der Waals surface area contributed by atoms with Crippen molar-refractivity contribution in [1.82, 2.24) is 20.7 Å². The van der Waals surface area contributed by atoms with Crippen LogP contribution >= 0.6 is 0 Å². The number of carbonyl (C=O) groups is 1. The predicted molar refractivity (Wildman–Crippen MR) is 89.4 cm³/mol. The van der Waals surface area contributed by atoms with Crippen LogP contribution in [0.15, 0.2) is 69.8 Å². The number of amides is 1. The van der Waals surface area contributed by atoms with Crippen LogP contribution in [0, 0.1) is 0 Å². The summed E-state index contributed by atoms with van der Waals surface area (Å²) in [6.45, 7) is 0.248. The molecule has 0 spiro atoms. The van der Waals surface area contributed by atoms with Crippen LogP contribution in [0.25, 0.3) is 22.8 Å². The Kier molecular flexibility index (Phi) is 3.88. The molecule has 2 N–H and O–H groups in total. The van der Waals surface area contributed by atoms with Crippen molar-refractivity contribution in [2.75, 3.05) is 0 Å². The van der Waals surface area contributed by atoms with Crippen LogP contribution in [0.2, 0.25) is 0 Å². The van der Waals surface area contributed by atoms with Crippen LogP contribution < -0.4 is 5.32 Å². The summed E-state index contributed by atoms with van der Waals surface area (Å²) in [5.41, 5.74) is 2.48. The Morgan fingerprint density at radius 3 is 2.76 bits per heavy atom.